The van der Waals surface area contributed by atoms with Crippen molar-refractivity contribution in [2.45, 2.75) is 76.9 Å². The molecule has 1 N–H and O–H groups in total. The maximum Gasteiger partial charge on any atom is 0.251 e. The van der Waals surface area contributed by atoms with Crippen molar-refractivity contribution in [3.05, 3.63) is 29.8 Å². The van der Waals surface area contributed by atoms with Gasteiger partial charge in [-0.15, -0.1) is 0 Å². The molecule has 8 nitrogen and oxygen atoms in total. The molecule has 1 aromatic carbocycles. The van der Waals surface area contributed by atoms with Crippen LogP contribution in [0.25, 0.3) is 0 Å². The molecule has 196 valence electrons. The molecule has 3 unspecified atom stereocenters. The van der Waals surface area contributed by atoms with Crippen molar-refractivity contribution in [3.8, 4) is 0 Å². The van der Waals surface area contributed by atoms with Crippen LogP contribution in [0.2, 0.25) is 0 Å². The lowest BCUT2D eigenvalue weighted by molar-refractivity contribution is -0.138. The van der Waals surface area contributed by atoms with E-state index in [0.29, 0.717) is 24.9 Å². The van der Waals surface area contributed by atoms with Crippen LogP contribution >= 0.6 is 0 Å². The maximum absolute atomic E-state index is 13.7. The van der Waals surface area contributed by atoms with Crippen LogP contribution in [0.3, 0.4) is 0 Å². The van der Waals surface area contributed by atoms with Crippen molar-refractivity contribution in [2.24, 2.45) is 11.8 Å². The quantitative estimate of drug-likeness (QED) is 0.627. The number of hydrogen-bond donors (Lipinski definition) is 1. The molecule has 3 atom stereocenters. The zero-order valence-corrected chi connectivity index (χ0v) is 22.0. The molecule has 3 aliphatic rings. The molecule has 2 saturated heterocycles. The van der Waals surface area contributed by atoms with E-state index in [1.54, 1.807) is 21.9 Å². The molecule has 0 aromatic heterocycles. The number of fused-ring (bicyclic) bond motifs is 1. The predicted octanol–water partition coefficient (Wildman–Crippen LogP) is 2.86. The number of amides is 3. The summed E-state index contributed by atoms with van der Waals surface area (Å²) < 4.78 is 0. The van der Waals surface area contributed by atoms with Gasteiger partial charge in [-0.25, -0.2) is 0 Å². The molecule has 0 bridgehead atoms. The Labute approximate surface area is 214 Å². The first-order chi connectivity index (χ1) is 17.2. The van der Waals surface area contributed by atoms with Crippen LogP contribution in [0.5, 0.6) is 0 Å². The fourth-order valence-corrected chi connectivity index (χ4v) is 5.99. The van der Waals surface area contributed by atoms with Crippen molar-refractivity contribution >= 4 is 29.2 Å². The number of ketones is 1. The first kappa shape index (κ1) is 26.2. The van der Waals surface area contributed by atoms with Crippen LogP contribution < -0.4 is 10.2 Å². The fraction of sp³-hybridized carbons (Fsp3) is 0.643. The van der Waals surface area contributed by atoms with E-state index in [9.17, 15) is 19.2 Å². The third-order valence-electron chi connectivity index (χ3n) is 7.90. The standard InChI is InChI=1S/C28H40N4O4/c1-18(2)16-22(29-26(34)19-10-12-21(13-11-19)30(3)4)28(36)31-15-14-23-25(31)24(33)17-32(23)27(35)20-8-6-5-7-9-20/h10-13,18,20,22-23,25H,5-9,14-17H2,1-4H3,(H,29,34). The summed E-state index contributed by atoms with van der Waals surface area (Å²) in [5.41, 5.74) is 1.47. The molecule has 1 aliphatic carbocycles. The molecule has 36 heavy (non-hydrogen) atoms. The van der Waals surface area contributed by atoms with Gasteiger partial charge in [-0.2, -0.15) is 0 Å². The summed E-state index contributed by atoms with van der Waals surface area (Å²) in [6, 6.07) is 5.68. The number of nitrogens with zero attached hydrogens (tertiary/aromatic N) is 3. The second-order valence-corrected chi connectivity index (χ2v) is 11.2. The summed E-state index contributed by atoms with van der Waals surface area (Å²) >= 11 is 0. The Morgan fingerprint density at radius 3 is 2.28 bits per heavy atom. The molecule has 8 heteroatoms. The monoisotopic (exact) mass is 496 g/mol. The average molecular weight is 497 g/mol. The van der Waals surface area contributed by atoms with Crippen LogP contribution in [0.1, 0.15) is 69.2 Å². The Balaban J connectivity index is 1.46. The van der Waals surface area contributed by atoms with E-state index in [2.05, 4.69) is 5.32 Å². The summed E-state index contributed by atoms with van der Waals surface area (Å²) in [5, 5.41) is 2.93. The zero-order chi connectivity index (χ0) is 26.0. The number of Topliss-reactive ketones (excluding diaryl/α,β-unsaturated/α-hetero) is 1. The van der Waals surface area contributed by atoms with Crippen molar-refractivity contribution in [1.82, 2.24) is 15.1 Å². The SMILES string of the molecule is CC(C)CC(NC(=O)c1ccc(N(C)C)cc1)C(=O)N1CCC2C1C(=O)CN2C(=O)C1CCCCC1. The molecule has 2 heterocycles. The van der Waals surface area contributed by atoms with Gasteiger partial charge in [-0.05, 0) is 55.9 Å². The lowest BCUT2D eigenvalue weighted by Crippen LogP contribution is -2.53. The second kappa shape index (κ2) is 11.0. The van der Waals surface area contributed by atoms with Crippen LogP contribution in [0, 0.1) is 11.8 Å². The summed E-state index contributed by atoms with van der Waals surface area (Å²) in [7, 11) is 3.87. The number of likely N-dealkylation sites (tertiary alicyclic amines) is 2. The number of anilines is 1. The lowest BCUT2D eigenvalue weighted by Gasteiger charge is -2.30. The molecule has 0 spiro atoms. The fourth-order valence-electron chi connectivity index (χ4n) is 5.99. The van der Waals surface area contributed by atoms with Gasteiger partial charge in [0.05, 0.1) is 12.6 Å². The van der Waals surface area contributed by atoms with Gasteiger partial charge < -0.3 is 20.0 Å². The number of carbonyl (C=O) groups is 4. The Morgan fingerprint density at radius 2 is 1.67 bits per heavy atom. The van der Waals surface area contributed by atoms with Crippen LogP contribution in [0.4, 0.5) is 5.69 Å². The van der Waals surface area contributed by atoms with Gasteiger partial charge in [-0.3, -0.25) is 19.2 Å². The van der Waals surface area contributed by atoms with E-state index in [1.807, 2.05) is 45.0 Å². The van der Waals surface area contributed by atoms with Crippen molar-refractivity contribution in [3.63, 3.8) is 0 Å². The summed E-state index contributed by atoms with van der Waals surface area (Å²) in [6.07, 6.45) is 6.15. The zero-order valence-electron chi connectivity index (χ0n) is 22.0. The Morgan fingerprint density at radius 1 is 1.00 bits per heavy atom. The van der Waals surface area contributed by atoms with Crippen molar-refractivity contribution < 1.29 is 19.2 Å². The molecule has 3 amide bonds. The molecule has 2 aliphatic heterocycles. The Kier molecular flexibility index (Phi) is 8.00. The molecule has 0 radical (unpaired) electrons. The molecular formula is C28H40N4O4. The van der Waals surface area contributed by atoms with Crippen LogP contribution in [-0.4, -0.2) is 78.6 Å². The third-order valence-corrected chi connectivity index (χ3v) is 7.90. The lowest BCUT2D eigenvalue weighted by atomic mass is 9.88. The highest BCUT2D eigenvalue weighted by atomic mass is 16.2. The highest BCUT2D eigenvalue weighted by molar-refractivity contribution is 6.01. The average Bonchev–Trinajstić information content (AvgIpc) is 3.44. The first-order valence-electron chi connectivity index (χ1n) is 13.4. The minimum absolute atomic E-state index is 0.00177. The van der Waals surface area contributed by atoms with Gasteiger partial charge in [0.25, 0.3) is 5.91 Å². The number of carbonyl (C=O) groups excluding carboxylic acids is 4. The van der Waals surface area contributed by atoms with Crippen LogP contribution in [0.15, 0.2) is 24.3 Å². The van der Waals surface area contributed by atoms with E-state index in [1.165, 1.54) is 6.42 Å². The highest BCUT2D eigenvalue weighted by Crippen LogP contribution is 2.34. The van der Waals surface area contributed by atoms with Gasteiger partial charge in [0, 0.05) is 37.8 Å². The van der Waals surface area contributed by atoms with Gasteiger partial charge in [0.2, 0.25) is 11.8 Å². The van der Waals surface area contributed by atoms with Crippen molar-refractivity contribution in [1.29, 1.82) is 0 Å². The van der Waals surface area contributed by atoms with Gasteiger partial charge in [0.15, 0.2) is 5.78 Å². The minimum atomic E-state index is -0.722. The number of rotatable bonds is 7. The van der Waals surface area contributed by atoms with Crippen molar-refractivity contribution in [2.75, 3.05) is 32.1 Å². The van der Waals surface area contributed by atoms with E-state index in [4.69, 9.17) is 0 Å². The van der Waals surface area contributed by atoms with E-state index in [0.717, 1.165) is 31.4 Å². The smallest absolute Gasteiger partial charge is 0.251 e. The van der Waals surface area contributed by atoms with Crippen LogP contribution in [-0.2, 0) is 14.4 Å². The molecule has 4 rings (SSSR count). The third kappa shape index (κ3) is 5.42. The van der Waals surface area contributed by atoms with Gasteiger partial charge >= 0.3 is 0 Å². The molecule has 1 aromatic rings. The predicted molar refractivity (Wildman–Crippen MR) is 139 cm³/mol. The number of nitrogens with one attached hydrogen (secondary N) is 1. The number of hydrogen-bond acceptors (Lipinski definition) is 5. The maximum atomic E-state index is 13.7. The summed E-state index contributed by atoms with van der Waals surface area (Å²) in [5.74, 6) is -0.335. The number of benzene rings is 1. The largest absolute Gasteiger partial charge is 0.378 e. The topological polar surface area (TPSA) is 90.0 Å². The van der Waals surface area contributed by atoms with E-state index < -0.39 is 12.1 Å². The van der Waals surface area contributed by atoms with Gasteiger partial charge in [0.1, 0.15) is 12.1 Å². The molecule has 1 saturated carbocycles. The minimum Gasteiger partial charge on any atom is -0.378 e. The normalized spacial score (nSPS) is 23.1. The summed E-state index contributed by atoms with van der Waals surface area (Å²) in [6.45, 7) is 4.54. The second-order valence-electron chi connectivity index (χ2n) is 11.2. The van der Waals surface area contributed by atoms with E-state index in [-0.39, 0.29) is 47.9 Å². The Bertz CT molecular complexity index is 984. The van der Waals surface area contributed by atoms with Gasteiger partial charge in [-0.1, -0.05) is 33.1 Å². The summed E-state index contributed by atoms with van der Waals surface area (Å²) in [4.78, 5) is 58.4. The first-order valence-corrected chi connectivity index (χ1v) is 13.4. The van der Waals surface area contributed by atoms with E-state index >= 15 is 0 Å². The molecular weight excluding hydrogens is 456 g/mol. The Hall–Kier alpha value is -2.90. The highest BCUT2D eigenvalue weighted by Gasteiger charge is 2.52. The molecule has 3 fully saturated rings.